The highest BCUT2D eigenvalue weighted by Crippen LogP contribution is 2.25. The Bertz CT molecular complexity index is 261. The van der Waals surface area contributed by atoms with E-state index in [2.05, 4.69) is 52.4 Å². The van der Waals surface area contributed by atoms with Crippen molar-refractivity contribution in [3.05, 3.63) is 0 Å². The Hall–Kier alpha value is 1.14. The van der Waals surface area contributed by atoms with Gasteiger partial charge in [-0.2, -0.15) is 0 Å². The van der Waals surface area contributed by atoms with Gasteiger partial charge in [0, 0.05) is 6.04 Å². The molecular formula is C11H36O4Si6. The molecule has 0 aliphatic rings. The molecule has 128 valence electrons. The van der Waals surface area contributed by atoms with Crippen LogP contribution in [-0.4, -0.2) is 54.7 Å². The fourth-order valence-corrected chi connectivity index (χ4v) is 17.2. The Kier molecular flexibility index (Phi) is 10.6. The molecule has 10 heteroatoms. The molecule has 0 aliphatic carbocycles. The topological polar surface area (TPSA) is 36.9 Å². The predicted molar refractivity (Wildman–Crippen MR) is 108 cm³/mol. The molecular weight excluding hydrogens is 365 g/mol. The molecule has 0 atom stereocenters. The Balaban J connectivity index is 4.88. The molecule has 0 amide bonds. The van der Waals surface area contributed by atoms with Crippen LogP contribution in [-0.2, 0) is 16.5 Å². The second kappa shape index (κ2) is 10.1. The van der Waals surface area contributed by atoms with Gasteiger partial charge in [-0.15, -0.1) is 0 Å². The second-order valence-electron chi connectivity index (χ2n) is 7.00. The van der Waals surface area contributed by atoms with Gasteiger partial charge in [0.2, 0.25) is 0 Å². The lowest BCUT2D eigenvalue weighted by Gasteiger charge is -2.36. The van der Waals surface area contributed by atoms with Gasteiger partial charge in [0.1, 0.15) is 10.5 Å². The first kappa shape index (κ1) is 22.1. The average Bonchev–Trinajstić information content (AvgIpc) is 2.25. The fourth-order valence-electron chi connectivity index (χ4n) is 2.17. The van der Waals surface area contributed by atoms with Gasteiger partial charge >= 0.3 is 8.80 Å². The Labute approximate surface area is 142 Å². The minimum atomic E-state index is -2.43. The van der Waals surface area contributed by atoms with Crippen LogP contribution in [0, 0.1) is 0 Å². The summed E-state index contributed by atoms with van der Waals surface area (Å²) in [4.78, 5) is 0. The van der Waals surface area contributed by atoms with E-state index in [1.165, 1.54) is 6.04 Å². The molecule has 0 spiro atoms. The van der Waals surface area contributed by atoms with Crippen molar-refractivity contribution in [2.45, 2.75) is 70.9 Å². The highest BCUT2D eigenvalue weighted by molar-refractivity contribution is 6.80. The highest BCUT2D eigenvalue weighted by atomic mass is 28.5. The summed E-state index contributed by atoms with van der Waals surface area (Å²) in [5.41, 5.74) is 0. The quantitative estimate of drug-likeness (QED) is 0.496. The molecule has 0 aliphatic heterocycles. The van der Waals surface area contributed by atoms with E-state index in [4.69, 9.17) is 16.5 Å². The molecule has 0 heterocycles. The number of rotatable bonds is 11. The monoisotopic (exact) mass is 400 g/mol. The van der Waals surface area contributed by atoms with Crippen molar-refractivity contribution in [3.8, 4) is 0 Å². The summed E-state index contributed by atoms with van der Waals surface area (Å²) in [6, 6.07) is 2.16. The first-order chi connectivity index (χ1) is 9.52. The van der Waals surface area contributed by atoms with Crippen molar-refractivity contribution in [1.82, 2.24) is 0 Å². The van der Waals surface area contributed by atoms with E-state index in [0.717, 1.165) is 23.0 Å². The van der Waals surface area contributed by atoms with E-state index in [0.29, 0.717) is 0 Å². The number of hydrogen-bond donors (Lipinski definition) is 0. The zero-order valence-electron chi connectivity index (χ0n) is 15.5. The third kappa shape index (κ3) is 10.5. The third-order valence-corrected chi connectivity index (χ3v) is 20.0. The van der Waals surface area contributed by atoms with Crippen molar-refractivity contribution >= 4 is 54.7 Å². The van der Waals surface area contributed by atoms with Crippen LogP contribution >= 0.6 is 0 Å². The van der Waals surface area contributed by atoms with Crippen LogP contribution in [0.25, 0.3) is 0 Å². The normalized spacial score (nSPS) is 13.9. The molecule has 0 aromatic carbocycles. The van der Waals surface area contributed by atoms with Gasteiger partial charge in [-0.3, -0.25) is 0 Å². The zero-order valence-corrected chi connectivity index (χ0v) is 23.0. The molecule has 0 aromatic rings. The number of hydrogen-bond acceptors (Lipinski definition) is 4. The van der Waals surface area contributed by atoms with Gasteiger partial charge in [-0.25, -0.2) is 0 Å². The lowest BCUT2D eigenvalue weighted by molar-refractivity contribution is 0.267. The standard InChI is InChI=1S/C11H36O4Si6/c1-17(2)13-21(14-18(3)4,15-19(5)6)11-9-10-20(7,8)12-16/h17-19H,9-11H2,1-8,16H3. The van der Waals surface area contributed by atoms with Gasteiger partial charge in [0.25, 0.3) is 0 Å². The van der Waals surface area contributed by atoms with Gasteiger partial charge in [0.05, 0.1) is 0 Å². The Morgan fingerprint density at radius 1 is 0.762 bits per heavy atom. The molecule has 21 heavy (non-hydrogen) atoms. The van der Waals surface area contributed by atoms with E-state index in [1.54, 1.807) is 0 Å². The zero-order chi connectivity index (χ0) is 16.7. The van der Waals surface area contributed by atoms with Crippen LogP contribution in [0.1, 0.15) is 6.42 Å². The van der Waals surface area contributed by atoms with Crippen LogP contribution in [0.3, 0.4) is 0 Å². The largest absolute Gasteiger partial charge is 0.468 e. The lowest BCUT2D eigenvalue weighted by atomic mass is 10.6. The first-order valence-corrected chi connectivity index (χ1v) is 22.3. The van der Waals surface area contributed by atoms with Crippen molar-refractivity contribution in [2.24, 2.45) is 0 Å². The lowest BCUT2D eigenvalue weighted by Crippen LogP contribution is -2.53. The average molecular weight is 401 g/mol. The molecule has 0 aromatic heterocycles. The van der Waals surface area contributed by atoms with Crippen molar-refractivity contribution < 1.29 is 16.5 Å². The van der Waals surface area contributed by atoms with E-state index >= 15 is 0 Å². The predicted octanol–water partition coefficient (Wildman–Crippen LogP) is 1.82. The van der Waals surface area contributed by atoms with Crippen LogP contribution in [0.15, 0.2) is 0 Å². The van der Waals surface area contributed by atoms with Crippen molar-refractivity contribution in [1.29, 1.82) is 0 Å². The van der Waals surface area contributed by atoms with Crippen LogP contribution in [0.2, 0.25) is 64.5 Å². The minimum absolute atomic E-state index is 0.848. The molecule has 0 N–H and O–H groups in total. The molecule has 0 unspecified atom stereocenters. The summed E-state index contributed by atoms with van der Waals surface area (Å²) in [7, 11) is -6.52. The molecule has 0 fully saturated rings. The molecule has 0 bridgehead atoms. The van der Waals surface area contributed by atoms with Crippen LogP contribution in [0.4, 0.5) is 0 Å². The van der Waals surface area contributed by atoms with Crippen LogP contribution < -0.4 is 0 Å². The van der Waals surface area contributed by atoms with E-state index in [1.807, 2.05) is 0 Å². The van der Waals surface area contributed by atoms with Gasteiger partial charge in [0.15, 0.2) is 35.4 Å². The smallest absolute Gasteiger partial charge is 0.463 e. The Morgan fingerprint density at radius 3 is 1.43 bits per heavy atom. The molecule has 0 saturated heterocycles. The maximum absolute atomic E-state index is 6.39. The first-order valence-electron chi connectivity index (χ1n) is 8.10. The maximum atomic E-state index is 6.39. The summed E-state index contributed by atoms with van der Waals surface area (Å²) in [5.74, 6) is 0. The van der Waals surface area contributed by atoms with Gasteiger partial charge in [-0.1, -0.05) is 0 Å². The highest BCUT2D eigenvalue weighted by Gasteiger charge is 2.42. The van der Waals surface area contributed by atoms with Gasteiger partial charge < -0.3 is 16.5 Å². The van der Waals surface area contributed by atoms with E-state index in [9.17, 15) is 0 Å². The molecule has 0 rings (SSSR count). The SMILES string of the molecule is C[SiH](C)O[Si](CCC[Si](C)(C)O[SiH3])(O[SiH](C)C)O[SiH](C)C. The summed E-state index contributed by atoms with van der Waals surface area (Å²) >= 11 is 0. The molecule has 4 nitrogen and oxygen atoms in total. The summed E-state index contributed by atoms with van der Waals surface area (Å²) in [5, 5.41) is 0. The van der Waals surface area contributed by atoms with Crippen LogP contribution in [0.5, 0.6) is 0 Å². The van der Waals surface area contributed by atoms with E-state index < -0.39 is 44.2 Å². The molecule has 0 radical (unpaired) electrons. The summed E-state index contributed by atoms with van der Waals surface area (Å²) < 4.78 is 25.0. The maximum Gasteiger partial charge on any atom is 0.468 e. The second-order valence-corrected chi connectivity index (χ2v) is 23.6. The fraction of sp³-hybridized carbons (Fsp3) is 1.00. The summed E-state index contributed by atoms with van der Waals surface area (Å²) in [6.45, 7) is 17.9. The summed E-state index contributed by atoms with van der Waals surface area (Å²) in [6.07, 6.45) is 1.12. The van der Waals surface area contributed by atoms with Gasteiger partial charge in [-0.05, 0) is 64.8 Å². The molecule has 0 saturated carbocycles. The third-order valence-electron chi connectivity index (χ3n) is 3.06. The van der Waals surface area contributed by atoms with E-state index in [-0.39, 0.29) is 0 Å². The minimum Gasteiger partial charge on any atom is -0.463 e. The van der Waals surface area contributed by atoms with Crippen molar-refractivity contribution in [3.63, 3.8) is 0 Å². The Morgan fingerprint density at radius 2 is 1.14 bits per heavy atom. The van der Waals surface area contributed by atoms with Crippen molar-refractivity contribution in [2.75, 3.05) is 0 Å².